The molecule has 0 spiro atoms. The van der Waals surface area contributed by atoms with Gasteiger partial charge in [0.2, 0.25) is 5.91 Å². The van der Waals surface area contributed by atoms with Gasteiger partial charge in [-0.15, -0.1) is 0 Å². The molecule has 0 radical (unpaired) electrons. The van der Waals surface area contributed by atoms with Crippen LogP contribution in [0.3, 0.4) is 0 Å². The fourth-order valence-corrected chi connectivity index (χ4v) is 2.30. The Morgan fingerprint density at radius 2 is 2.10 bits per heavy atom. The number of rotatable bonds is 3. The van der Waals surface area contributed by atoms with Gasteiger partial charge in [0.1, 0.15) is 6.04 Å². The van der Waals surface area contributed by atoms with Gasteiger partial charge in [-0.25, -0.2) is 0 Å². The molecule has 1 atom stereocenters. The molecule has 1 amide bonds. The zero-order chi connectivity index (χ0) is 15.6. The quantitative estimate of drug-likeness (QED) is 0.941. The molecule has 5 heteroatoms. The number of hydrogen-bond donors (Lipinski definition) is 1. The van der Waals surface area contributed by atoms with Crippen LogP contribution in [0.2, 0.25) is 0 Å². The minimum absolute atomic E-state index is 0.143. The Balaban J connectivity index is 2.46. The number of carbonyl (C=O) groups excluding carboxylic acids is 1. The van der Waals surface area contributed by atoms with E-state index in [-0.39, 0.29) is 17.0 Å². The zero-order valence-corrected chi connectivity index (χ0v) is 12.9. The number of carbonyl (C=O) groups is 1. The van der Waals surface area contributed by atoms with Crippen LogP contribution in [0.1, 0.15) is 40.2 Å². The Bertz CT molecular complexity index is 713. The van der Waals surface area contributed by atoms with Gasteiger partial charge in [0.05, 0.1) is 10.9 Å². The molecule has 0 bridgehead atoms. The predicted octanol–water partition coefficient (Wildman–Crippen LogP) is 2.26. The molecule has 2 aromatic heterocycles. The van der Waals surface area contributed by atoms with E-state index in [1.165, 1.54) is 4.57 Å². The molecule has 0 aliphatic rings. The monoisotopic (exact) mass is 287 g/mol. The van der Waals surface area contributed by atoms with Gasteiger partial charge in [-0.3, -0.25) is 14.6 Å². The van der Waals surface area contributed by atoms with Gasteiger partial charge >= 0.3 is 0 Å². The highest BCUT2D eigenvalue weighted by Gasteiger charge is 2.24. The van der Waals surface area contributed by atoms with Gasteiger partial charge in [0.25, 0.3) is 5.56 Å². The smallest absolute Gasteiger partial charge is 0.260 e. The molecule has 1 unspecified atom stereocenters. The van der Waals surface area contributed by atoms with Crippen molar-refractivity contribution in [1.29, 1.82) is 0 Å². The molecule has 0 aliphatic carbocycles. The number of fused-ring (bicyclic) bond motifs is 1. The first-order valence-electron chi connectivity index (χ1n) is 7.11. The van der Waals surface area contributed by atoms with Crippen molar-refractivity contribution in [3.63, 3.8) is 0 Å². The van der Waals surface area contributed by atoms with Crippen molar-refractivity contribution in [3.8, 4) is 0 Å². The number of aromatic nitrogens is 2. The summed E-state index contributed by atoms with van der Waals surface area (Å²) in [6, 6.07) is 4.71. The summed E-state index contributed by atoms with van der Waals surface area (Å²) in [4.78, 5) is 29.1. The van der Waals surface area contributed by atoms with Crippen molar-refractivity contribution in [2.24, 2.45) is 0 Å². The van der Waals surface area contributed by atoms with E-state index in [2.05, 4.69) is 10.3 Å². The summed E-state index contributed by atoms with van der Waals surface area (Å²) < 4.78 is 1.49. The van der Waals surface area contributed by atoms with Gasteiger partial charge in [0.15, 0.2) is 0 Å². The standard InChI is InChI=1S/C16H21N3O2/c1-5-13(14(20)18-16(2,3)4)19-10-8-12-11(15(19)21)7-6-9-17-12/h6-10,13H,5H2,1-4H3,(H,18,20). The second-order valence-corrected chi connectivity index (χ2v) is 6.13. The first kappa shape index (κ1) is 15.2. The van der Waals surface area contributed by atoms with E-state index in [4.69, 9.17) is 0 Å². The average molecular weight is 287 g/mol. The van der Waals surface area contributed by atoms with E-state index in [1.54, 1.807) is 30.6 Å². The first-order valence-corrected chi connectivity index (χ1v) is 7.11. The third-order valence-corrected chi connectivity index (χ3v) is 3.22. The third kappa shape index (κ3) is 3.29. The Hall–Kier alpha value is -2.17. The summed E-state index contributed by atoms with van der Waals surface area (Å²) in [7, 11) is 0. The van der Waals surface area contributed by atoms with Gasteiger partial charge in [-0.1, -0.05) is 6.92 Å². The SMILES string of the molecule is CCC(C(=O)NC(C)(C)C)n1ccc2ncccc2c1=O. The summed E-state index contributed by atoms with van der Waals surface area (Å²) >= 11 is 0. The maximum Gasteiger partial charge on any atom is 0.260 e. The topological polar surface area (TPSA) is 64.0 Å². The number of hydrogen-bond acceptors (Lipinski definition) is 3. The van der Waals surface area contributed by atoms with E-state index in [0.717, 1.165) is 0 Å². The lowest BCUT2D eigenvalue weighted by Crippen LogP contribution is -2.45. The molecule has 5 nitrogen and oxygen atoms in total. The second-order valence-electron chi connectivity index (χ2n) is 6.13. The van der Waals surface area contributed by atoms with Crippen molar-refractivity contribution in [1.82, 2.24) is 14.9 Å². The minimum atomic E-state index is -0.513. The van der Waals surface area contributed by atoms with E-state index in [9.17, 15) is 9.59 Å². The fraction of sp³-hybridized carbons (Fsp3) is 0.438. The van der Waals surface area contributed by atoms with Crippen LogP contribution in [0, 0.1) is 0 Å². The lowest BCUT2D eigenvalue weighted by molar-refractivity contribution is -0.125. The molecule has 0 fully saturated rings. The highest BCUT2D eigenvalue weighted by Crippen LogP contribution is 2.14. The van der Waals surface area contributed by atoms with E-state index in [0.29, 0.717) is 17.3 Å². The lowest BCUT2D eigenvalue weighted by Gasteiger charge is -2.25. The molecular formula is C16H21N3O2. The maximum atomic E-state index is 12.5. The molecule has 112 valence electrons. The van der Waals surface area contributed by atoms with E-state index in [1.807, 2.05) is 27.7 Å². The highest BCUT2D eigenvalue weighted by atomic mass is 16.2. The van der Waals surface area contributed by atoms with Gasteiger partial charge in [0, 0.05) is 17.9 Å². The van der Waals surface area contributed by atoms with Crippen LogP contribution in [0.5, 0.6) is 0 Å². The molecule has 2 heterocycles. The summed E-state index contributed by atoms with van der Waals surface area (Å²) in [5, 5.41) is 3.46. The van der Waals surface area contributed by atoms with Crippen molar-refractivity contribution >= 4 is 16.8 Å². The summed E-state index contributed by atoms with van der Waals surface area (Å²) in [6.07, 6.45) is 3.84. The Morgan fingerprint density at radius 3 is 2.71 bits per heavy atom. The fourth-order valence-electron chi connectivity index (χ4n) is 2.30. The van der Waals surface area contributed by atoms with Gasteiger partial charge in [-0.05, 0) is 45.4 Å². The maximum absolute atomic E-state index is 12.5. The van der Waals surface area contributed by atoms with Gasteiger partial charge < -0.3 is 9.88 Å². The molecule has 0 aromatic carbocycles. The molecule has 2 rings (SSSR count). The van der Waals surface area contributed by atoms with Crippen molar-refractivity contribution in [2.45, 2.75) is 45.7 Å². The molecular weight excluding hydrogens is 266 g/mol. The van der Waals surface area contributed by atoms with Crippen LogP contribution in [-0.2, 0) is 4.79 Å². The molecule has 2 aromatic rings. The number of amides is 1. The third-order valence-electron chi connectivity index (χ3n) is 3.22. The summed E-state index contributed by atoms with van der Waals surface area (Å²) in [5.41, 5.74) is 0.133. The lowest BCUT2D eigenvalue weighted by atomic mass is 10.1. The molecule has 21 heavy (non-hydrogen) atoms. The van der Waals surface area contributed by atoms with Crippen LogP contribution < -0.4 is 10.9 Å². The molecule has 0 saturated carbocycles. The van der Waals surface area contributed by atoms with Gasteiger partial charge in [-0.2, -0.15) is 0 Å². The first-order chi connectivity index (χ1) is 9.83. The number of nitrogens with one attached hydrogen (secondary N) is 1. The number of pyridine rings is 2. The zero-order valence-electron chi connectivity index (χ0n) is 12.9. The molecule has 0 aliphatic heterocycles. The summed E-state index contributed by atoms with van der Waals surface area (Å²) in [5.74, 6) is -0.143. The second kappa shape index (κ2) is 5.68. The Kier molecular flexibility index (Phi) is 4.11. The normalized spacial score (nSPS) is 13.1. The van der Waals surface area contributed by atoms with Crippen molar-refractivity contribution in [2.75, 3.05) is 0 Å². The predicted molar refractivity (Wildman–Crippen MR) is 83.2 cm³/mol. The number of nitrogens with zero attached hydrogens (tertiary/aromatic N) is 2. The Labute approximate surface area is 124 Å². The summed E-state index contributed by atoms with van der Waals surface area (Å²) in [6.45, 7) is 7.66. The van der Waals surface area contributed by atoms with E-state index >= 15 is 0 Å². The van der Waals surface area contributed by atoms with Crippen LogP contribution in [0.15, 0.2) is 35.4 Å². The van der Waals surface area contributed by atoms with Crippen LogP contribution in [0.4, 0.5) is 0 Å². The Morgan fingerprint density at radius 1 is 1.38 bits per heavy atom. The van der Waals surface area contributed by atoms with Crippen LogP contribution in [-0.4, -0.2) is 21.0 Å². The molecule has 0 saturated heterocycles. The highest BCUT2D eigenvalue weighted by molar-refractivity contribution is 5.82. The van der Waals surface area contributed by atoms with Crippen LogP contribution in [0.25, 0.3) is 10.9 Å². The largest absolute Gasteiger partial charge is 0.350 e. The average Bonchev–Trinajstić information content (AvgIpc) is 2.40. The van der Waals surface area contributed by atoms with Crippen molar-refractivity contribution < 1.29 is 4.79 Å². The van der Waals surface area contributed by atoms with Crippen molar-refractivity contribution in [3.05, 3.63) is 40.9 Å². The minimum Gasteiger partial charge on any atom is -0.350 e. The van der Waals surface area contributed by atoms with Crippen LogP contribution >= 0.6 is 0 Å². The van der Waals surface area contributed by atoms with E-state index < -0.39 is 6.04 Å². The molecule has 1 N–H and O–H groups in total.